The molecule has 0 bridgehead atoms. The average Bonchev–Trinajstić information content (AvgIpc) is 2.96. The van der Waals surface area contributed by atoms with Crippen LogP contribution >= 0.6 is 0 Å². The van der Waals surface area contributed by atoms with Crippen LogP contribution in [0.25, 0.3) is 11.4 Å². The Morgan fingerprint density at radius 3 is 2.86 bits per heavy atom. The lowest BCUT2D eigenvalue weighted by atomic mass is 10.2. The largest absolute Gasteiger partial charge is 0.497 e. The Labute approximate surface area is 123 Å². The Balaban J connectivity index is 1.67. The summed E-state index contributed by atoms with van der Waals surface area (Å²) in [5.41, 5.74) is 0.918. The Kier molecular flexibility index (Phi) is 4.17. The molecular weight excluding hydrogens is 270 g/mol. The van der Waals surface area contributed by atoms with Crippen LogP contribution in [0.5, 0.6) is 5.75 Å². The molecule has 0 N–H and O–H groups in total. The first kappa shape index (κ1) is 14.0. The molecule has 1 aromatic carbocycles. The topological polar surface area (TPSA) is 60.6 Å². The number of aromatic nitrogens is 2. The fraction of sp³-hybridized carbons (Fsp3) is 0.467. The van der Waals surface area contributed by atoms with E-state index in [1.165, 1.54) is 0 Å². The molecule has 0 aliphatic carbocycles. The van der Waals surface area contributed by atoms with Crippen LogP contribution in [0.4, 0.5) is 0 Å². The minimum absolute atomic E-state index is 0.253. The van der Waals surface area contributed by atoms with Crippen molar-refractivity contribution >= 4 is 0 Å². The predicted molar refractivity (Wildman–Crippen MR) is 77.0 cm³/mol. The second kappa shape index (κ2) is 6.24. The number of morpholine rings is 1. The molecule has 1 aliphatic heterocycles. The van der Waals surface area contributed by atoms with Crippen LogP contribution in [0.15, 0.2) is 28.8 Å². The Hall–Kier alpha value is -1.92. The average molecular weight is 289 g/mol. The highest BCUT2D eigenvalue weighted by Gasteiger charge is 2.19. The zero-order chi connectivity index (χ0) is 14.7. The molecule has 2 heterocycles. The quantitative estimate of drug-likeness (QED) is 0.857. The van der Waals surface area contributed by atoms with Gasteiger partial charge in [0.2, 0.25) is 11.7 Å². The van der Waals surface area contributed by atoms with E-state index in [4.69, 9.17) is 14.0 Å². The molecule has 0 spiro atoms. The van der Waals surface area contributed by atoms with Crippen LogP contribution in [-0.4, -0.2) is 48.0 Å². The zero-order valence-corrected chi connectivity index (χ0v) is 12.3. The Morgan fingerprint density at radius 2 is 2.14 bits per heavy atom. The van der Waals surface area contributed by atoms with Gasteiger partial charge in [0.05, 0.1) is 26.4 Å². The van der Waals surface area contributed by atoms with Gasteiger partial charge in [-0.1, -0.05) is 5.16 Å². The minimum Gasteiger partial charge on any atom is -0.497 e. The highest BCUT2D eigenvalue weighted by atomic mass is 16.5. The van der Waals surface area contributed by atoms with Crippen LogP contribution in [0.1, 0.15) is 12.8 Å². The number of hydrogen-bond donors (Lipinski definition) is 0. The number of benzene rings is 1. The number of methoxy groups -OCH3 is 1. The van der Waals surface area contributed by atoms with E-state index >= 15 is 0 Å². The molecule has 2 aromatic rings. The summed E-state index contributed by atoms with van der Waals surface area (Å²) < 4.78 is 16.0. The van der Waals surface area contributed by atoms with Crippen LogP contribution in [0.3, 0.4) is 0 Å². The normalized spacial score (nSPS) is 19.6. The lowest BCUT2D eigenvalue weighted by Gasteiger charge is -2.29. The maximum atomic E-state index is 5.52. The maximum absolute atomic E-state index is 5.52. The van der Waals surface area contributed by atoms with E-state index in [2.05, 4.69) is 22.0 Å². The predicted octanol–water partition coefficient (Wildman–Crippen LogP) is 1.97. The van der Waals surface area contributed by atoms with E-state index in [1.807, 2.05) is 24.3 Å². The van der Waals surface area contributed by atoms with Gasteiger partial charge in [0.15, 0.2) is 0 Å². The molecule has 0 amide bonds. The Morgan fingerprint density at radius 1 is 1.33 bits per heavy atom. The van der Waals surface area contributed by atoms with Gasteiger partial charge in [-0.15, -0.1) is 0 Å². The fourth-order valence-electron chi connectivity index (χ4n) is 2.40. The molecule has 3 rings (SSSR count). The SMILES string of the molecule is COc1ccc(-c2noc(CN3CCOC(C)C3)n2)cc1. The van der Waals surface area contributed by atoms with E-state index in [-0.39, 0.29) is 6.10 Å². The minimum atomic E-state index is 0.253. The van der Waals surface area contributed by atoms with E-state index < -0.39 is 0 Å². The molecule has 6 heteroatoms. The van der Waals surface area contributed by atoms with Gasteiger partial charge in [-0.05, 0) is 31.2 Å². The molecule has 21 heavy (non-hydrogen) atoms. The van der Waals surface area contributed by atoms with Gasteiger partial charge in [-0.3, -0.25) is 4.90 Å². The molecule has 1 unspecified atom stereocenters. The van der Waals surface area contributed by atoms with Crippen molar-refractivity contribution < 1.29 is 14.0 Å². The molecule has 1 aliphatic rings. The Bertz CT molecular complexity index is 582. The van der Waals surface area contributed by atoms with Crippen molar-refractivity contribution in [3.8, 4) is 17.1 Å². The van der Waals surface area contributed by atoms with Crippen molar-refractivity contribution in [2.75, 3.05) is 26.8 Å². The standard InChI is InChI=1S/C15H19N3O3/c1-11-9-18(7-8-20-11)10-14-16-15(17-21-14)12-3-5-13(19-2)6-4-12/h3-6,11H,7-10H2,1-2H3. The molecule has 112 valence electrons. The number of nitrogens with zero attached hydrogens (tertiary/aromatic N) is 3. The zero-order valence-electron chi connectivity index (χ0n) is 12.3. The van der Waals surface area contributed by atoms with E-state index in [1.54, 1.807) is 7.11 Å². The van der Waals surface area contributed by atoms with Gasteiger partial charge >= 0.3 is 0 Å². The lowest BCUT2D eigenvalue weighted by molar-refractivity contribution is -0.0240. The van der Waals surface area contributed by atoms with Crippen LogP contribution in [0, 0.1) is 0 Å². The highest BCUT2D eigenvalue weighted by Crippen LogP contribution is 2.20. The van der Waals surface area contributed by atoms with Gasteiger partial charge in [0, 0.05) is 18.7 Å². The third-order valence-electron chi connectivity index (χ3n) is 3.50. The van der Waals surface area contributed by atoms with Crippen molar-refractivity contribution in [2.24, 2.45) is 0 Å². The van der Waals surface area contributed by atoms with Gasteiger partial charge in [-0.2, -0.15) is 4.98 Å². The van der Waals surface area contributed by atoms with Crippen molar-refractivity contribution in [3.05, 3.63) is 30.2 Å². The smallest absolute Gasteiger partial charge is 0.241 e. The lowest BCUT2D eigenvalue weighted by Crippen LogP contribution is -2.40. The fourth-order valence-corrected chi connectivity index (χ4v) is 2.40. The van der Waals surface area contributed by atoms with E-state index in [0.29, 0.717) is 18.3 Å². The number of hydrogen-bond acceptors (Lipinski definition) is 6. The summed E-state index contributed by atoms with van der Waals surface area (Å²) in [6.07, 6.45) is 0.253. The molecule has 1 fully saturated rings. The maximum Gasteiger partial charge on any atom is 0.241 e. The van der Waals surface area contributed by atoms with Crippen molar-refractivity contribution in [3.63, 3.8) is 0 Å². The van der Waals surface area contributed by atoms with Crippen molar-refractivity contribution in [1.29, 1.82) is 0 Å². The van der Waals surface area contributed by atoms with Crippen molar-refractivity contribution in [2.45, 2.75) is 19.6 Å². The van der Waals surface area contributed by atoms with Gasteiger partial charge in [-0.25, -0.2) is 0 Å². The summed E-state index contributed by atoms with van der Waals surface area (Å²) in [6, 6.07) is 7.61. The first-order chi connectivity index (χ1) is 10.2. The third-order valence-corrected chi connectivity index (χ3v) is 3.50. The van der Waals surface area contributed by atoms with Gasteiger partial charge < -0.3 is 14.0 Å². The molecule has 6 nitrogen and oxygen atoms in total. The second-order valence-electron chi connectivity index (χ2n) is 5.16. The third kappa shape index (κ3) is 3.40. The second-order valence-corrected chi connectivity index (χ2v) is 5.16. The molecule has 1 aromatic heterocycles. The van der Waals surface area contributed by atoms with Crippen LogP contribution in [-0.2, 0) is 11.3 Å². The van der Waals surface area contributed by atoms with Crippen LogP contribution in [0.2, 0.25) is 0 Å². The summed E-state index contributed by atoms with van der Waals surface area (Å²) in [6.45, 7) is 5.27. The molecule has 1 saturated heterocycles. The number of rotatable bonds is 4. The highest BCUT2D eigenvalue weighted by molar-refractivity contribution is 5.55. The summed E-state index contributed by atoms with van der Waals surface area (Å²) in [5, 5.41) is 4.04. The monoisotopic (exact) mass is 289 g/mol. The van der Waals surface area contributed by atoms with Gasteiger partial charge in [0.1, 0.15) is 5.75 Å². The van der Waals surface area contributed by atoms with E-state index in [0.717, 1.165) is 31.0 Å². The van der Waals surface area contributed by atoms with Crippen LogP contribution < -0.4 is 4.74 Å². The summed E-state index contributed by atoms with van der Waals surface area (Å²) in [7, 11) is 1.64. The van der Waals surface area contributed by atoms with Crippen molar-refractivity contribution in [1.82, 2.24) is 15.0 Å². The molecular formula is C15H19N3O3. The molecule has 0 radical (unpaired) electrons. The first-order valence-corrected chi connectivity index (χ1v) is 7.05. The molecule has 1 atom stereocenters. The summed E-state index contributed by atoms with van der Waals surface area (Å²) >= 11 is 0. The van der Waals surface area contributed by atoms with E-state index in [9.17, 15) is 0 Å². The number of ether oxygens (including phenoxy) is 2. The first-order valence-electron chi connectivity index (χ1n) is 7.05. The summed E-state index contributed by atoms with van der Waals surface area (Å²) in [5.74, 6) is 2.05. The van der Waals surface area contributed by atoms with Gasteiger partial charge in [0.25, 0.3) is 0 Å². The molecule has 0 saturated carbocycles. The summed E-state index contributed by atoms with van der Waals surface area (Å²) in [4.78, 5) is 6.72.